The van der Waals surface area contributed by atoms with Gasteiger partial charge in [-0.1, -0.05) is 0 Å². The highest BCUT2D eigenvalue weighted by atomic mass is 32.1. The molecular weight excluding hydrogens is 271 g/mol. The number of rotatable bonds is 1. The smallest absolute Gasteiger partial charge is 0.141 e. The summed E-state index contributed by atoms with van der Waals surface area (Å²) in [5.74, 6) is -0.203. The standard InChI is InChI=1S/C17H10FOS/c1-10-13-3-2-4-14(18)17(13)20-16(10)12-5-6-15-11(9-12)7-8-19-15/h3-9H,1H3. The molecule has 3 heteroatoms. The molecule has 0 saturated heterocycles. The van der Waals surface area contributed by atoms with Crippen LogP contribution < -0.4 is 0 Å². The highest BCUT2D eigenvalue weighted by Gasteiger charge is 2.13. The van der Waals surface area contributed by atoms with Crippen molar-refractivity contribution in [1.29, 1.82) is 0 Å². The van der Waals surface area contributed by atoms with E-state index in [1.54, 1.807) is 6.26 Å². The van der Waals surface area contributed by atoms with E-state index >= 15 is 0 Å². The zero-order valence-corrected chi connectivity index (χ0v) is 11.6. The maximum absolute atomic E-state index is 13.9. The molecule has 0 atom stereocenters. The van der Waals surface area contributed by atoms with Gasteiger partial charge >= 0.3 is 0 Å². The van der Waals surface area contributed by atoms with Gasteiger partial charge in [0.05, 0.1) is 11.0 Å². The maximum Gasteiger partial charge on any atom is 0.141 e. The van der Waals surface area contributed by atoms with Crippen LogP contribution >= 0.6 is 11.3 Å². The molecule has 0 saturated carbocycles. The molecule has 0 unspecified atom stereocenters. The zero-order valence-electron chi connectivity index (χ0n) is 10.7. The Morgan fingerprint density at radius 3 is 2.95 bits per heavy atom. The van der Waals surface area contributed by atoms with Crippen molar-refractivity contribution in [2.24, 2.45) is 0 Å². The molecule has 1 radical (unpaired) electrons. The van der Waals surface area contributed by atoms with Crippen LogP contribution in [0, 0.1) is 18.8 Å². The highest BCUT2D eigenvalue weighted by molar-refractivity contribution is 7.22. The van der Waals surface area contributed by atoms with Crippen molar-refractivity contribution in [3.63, 3.8) is 0 Å². The van der Waals surface area contributed by atoms with Gasteiger partial charge in [-0.2, -0.15) is 0 Å². The summed E-state index contributed by atoms with van der Waals surface area (Å²) in [7, 11) is 0. The predicted molar refractivity (Wildman–Crippen MR) is 80.6 cm³/mol. The van der Waals surface area contributed by atoms with Gasteiger partial charge in [0.1, 0.15) is 11.4 Å². The van der Waals surface area contributed by atoms with Crippen molar-refractivity contribution in [2.45, 2.75) is 6.92 Å². The summed E-state index contributed by atoms with van der Waals surface area (Å²) in [5, 5.41) is 2.00. The molecular formula is C17H10FOS. The second-order valence-electron chi connectivity index (χ2n) is 4.78. The van der Waals surface area contributed by atoms with Crippen molar-refractivity contribution in [1.82, 2.24) is 0 Å². The molecule has 0 fully saturated rings. The van der Waals surface area contributed by atoms with Crippen molar-refractivity contribution in [2.75, 3.05) is 0 Å². The number of halogens is 1. The molecule has 0 aliphatic carbocycles. The van der Waals surface area contributed by atoms with Gasteiger partial charge in [-0.15, -0.1) is 11.3 Å². The van der Waals surface area contributed by atoms with Crippen LogP contribution in [0.4, 0.5) is 4.39 Å². The minimum atomic E-state index is -0.203. The van der Waals surface area contributed by atoms with Crippen LogP contribution in [-0.2, 0) is 0 Å². The van der Waals surface area contributed by atoms with Gasteiger partial charge in [0.15, 0.2) is 0 Å². The van der Waals surface area contributed by atoms with Crippen molar-refractivity contribution >= 4 is 32.4 Å². The number of benzene rings is 2. The summed E-state index contributed by atoms with van der Waals surface area (Å²) in [6, 6.07) is 14.1. The minimum absolute atomic E-state index is 0.203. The maximum atomic E-state index is 13.9. The van der Waals surface area contributed by atoms with Crippen molar-refractivity contribution in [3.8, 4) is 10.4 Å². The lowest BCUT2D eigenvalue weighted by molar-refractivity contribution is 0.616. The Kier molecular flexibility index (Phi) is 2.44. The largest absolute Gasteiger partial charge is 0.464 e. The molecule has 2 aromatic carbocycles. The second kappa shape index (κ2) is 4.18. The van der Waals surface area contributed by atoms with Crippen LogP contribution in [0.15, 0.2) is 47.1 Å². The van der Waals surface area contributed by atoms with Crippen LogP contribution in [0.5, 0.6) is 0 Å². The molecule has 97 valence electrons. The topological polar surface area (TPSA) is 13.1 Å². The first-order valence-corrected chi connectivity index (χ1v) is 7.12. The molecule has 4 aromatic rings. The Balaban J connectivity index is 2.01. The second-order valence-corrected chi connectivity index (χ2v) is 5.80. The molecule has 2 heterocycles. The van der Waals surface area contributed by atoms with E-state index < -0.39 is 0 Å². The van der Waals surface area contributed by atoms with E-state index in [1.807, 2.05) is 31.2 Å². The van der Waals surface area contributed by atoms with Gasteiger partial charge < -0.3 is 4.42 Å². The fourth-order valence-electron chi connectivity index (χ4n) is 2.52. The van der Waals surface area contributed by atoms with E-state index in [1.165, 1.54) is 17.4 Å². The van der Waals surface area contributed by atoms with E-state index in [-0.39, 0.29) is 5.82 Å². The Bertz CT molecular complexity index is 933. The third kappa shape index (κ3) is 1.60. The molecule has 0 N–H and O–H groups in total. The summed E-state index contributed by atoms with van der Waals surface area (Å²) >= 11 is 1.49. The minimum Gasteiger partial charge on any atom is -0.464 e. The fourth-order valence-corrected chi connectivity index (χ4v) is 3.71. The molecule has 2 aromatic heterocycles. The lowest BCUT2D eigenvalue weighted by atomic mass is 10.1. The van der Waals surface area contributed by atoms with E-state index in [0.717, 1.165) is 32.4 Å². The van der Waals surface area contributed by atoms with E-state index in [9.17, 15) is 4.39 Å². The summed E-state index contributed by atoms with van der Waals surface area (Å²) < 4.78 is 19.9. The predicted octanol–water partition coefficient (Wildman–Crippen LogP) is 5.56. The van der Waals surface area contributed by atoms with Crippen LogP contribution in [0.3, 0.4) is 0 Å². The molecule has 0 bridgehead atoms. The SMILES string of the molecule is Cc1c(-c2ccc3occc3c2)sc2c(F)c[c]cc12. The van der Waals surface area contributed by atoms with E-state index in [4.69, 9.17) is 4.42 Å². The summed E-state index contributed by atoms with van der Waals surface area (Å²) in [5.41, 5.74) is 3.06. The van der Waals surface area contributed by atoms with Crippen LogP contribution in [0.2, 0.25) is 0 Å². The van der Waals surface area contributed by atoms with Crippen molar-refractivity contribution in [3.05, 3.63) is 60.1 Å². The molecule has 0 aliphatic rings. The Morgan fingerprint density at radius 1 is 1.20 bits per heavy atom. The number of fused-ring (bicyclic) bond motifs is 2. The third-order valence-corrected chi connectivity index (χ3v) is 4.93. The quantitative estimate of drug-likeness (QED) is 0.445. The summed E-state index contributed by atoms with van der Waals surface area (Å²) in [4.78, 5) is 1.10. The number of aryl methyl sites for hydroxylation is 1. The normalized spacial score (nSPS) is 11.5. The van der Waals surface area contributed by atoms with Gasteiger partial charge in [0.25, 0.3) is 0 Å². The van der Waals surface area contributed by atoms with E-state index in [2.05, 4.69) is 12.1 Å². The molecule has 0 amide bonds. The van der Waals surface area contributed by atoms with Gasteiger partial charge in [0, 0.05) is 10.3 Å². The van der Waals surface area contributed by atoms with Gasteiger partial charge in [-0.05, 0) is 65.9 Å². The number of hydrogen-bond acceptors (Lipinski definition) is 2. The Hall–Kier alpha value is -2.13. The van der Waals surface area contributed by atoms with Crippen molar-refractivity contribution < 1.29 is 8.81 Å². The fraction of sp³-hybridized carbons (Fsp3) is 0.0588. The average Bonchev–Trinajstić information content (AvgIpc) is 3.04. The molecule has 4 rings (SSSR count). The summed E-state index contributed by atoms with van der Waals surface area (Å²) in [6.07, 6.45) is 1.68. The van der Waals surface area contributed by atoms with Gasteiger partial charge in [-0.3, -0.25) is 0 Å². The monoisotopic (exact) mass is 281 g/mol. The first kappa shape index (κ1) is 11.7. The zero-order chi connectivity index (χ0) is 13.7. The van der Waals surface area contributed by atoms with E-state index in [0.29, 0.717) is 4.70 Å². The number of thiophene rings is 1. The number of hydrogen-bond donors (Lipinski definition) is 0. The van der Waals surface area contributed by atoms with Gasteiger partial charge in [-0.25, -0.2) is 4.39 Å². The first-order chi connectivity index (χ1) is 9.74. The molecule has 0 aliphatic heterocycles. The first-order valence-electron chi connectivity index (χ1n) is 6.30. The third-order valence-electron chi connectivity index (χ3n) is 3.56. The molecule has 20 heavy (non-hydrogen) atoms. The average molecular weight is 281 g/mol. The lowest BCUT2D eigenvalue weighted by Gasteiger charge is -2.00. The molecule has 1 nitrogen and oxygen atoms in total. The summed E-state index contributed by atoms with van der Waals surface area (Å²) in [6.45, 7) is 2.03. The highest BCUT2D eigenvalue weighted by Crippen LogP contribution is 2.39. The molecule has 0 spiro atoms. The van der Waals surface area contributed by atoms with Crippen LogP contribution in [0.25, 0.3) is 31.5 Å². The lowest BCUT2D eigenvalue weighted by Crippen LogP contribution is -1.77. The Morgan fingerprint density at radius 2 is 2.10 bits per heavy atom. The van der Waals surface area contributed by atoms with Gasteiger partial charge in [0.2, 0.25) is 0 Å². The Labute approximate surface area is 119 Å². The van der Waals surface area contributed by atoms with Crippen LogP contribution in [0.1, 0.15) is 5.56 Å². The number of furan rings is 1. The van der Waals surface area contributed by atoms with Crippen LogP contribution in [-0.4, -0.2) is 0 Å².